The number of hydrogen-bond donors (Lipinski definition) is 1. The summed E-state index contributed by atoms with van der Waals surface area (Å²) in [4.78, 5) is 2.40. The third-order valence-electron chi connectivity index (χ3n) is 3.35. The molecule has 0 aromatic carbocycles. The highest BCUT2D eigenvalue weighted by molar-refractivity contribution is 7.15. The van der Waals surface area contributed by atoms with Gasteiger partial charge in [0.2, 0.25) is 0 Å². The van der Waals surface area contributed by atoms with Crippen LogP contribution in [-0.4, -0.2) is 31.1 Å². The van der Waals surface area contributed by atoms with E-state index in [9.17, 15) is 0 Å². The first-order valence-electron chi connectivity index (χ1n) is 6.01. The van der Waals surface area contributed by atoms with Crippen LogP contribution in [0.5, 0.6) is 0 Å². The molecule has 1 aliphatic rings. The van der Waals surface area contributed by atoms with Crippen molar-refractivity contribution in [3.8, 4) is 0 Å². The Balaban J connectivity index is 1.95. The molecule has 2 nitrogen and oxygen atoms in total. The van der Waals surface area contributed by atoms with Crippen LogP contribution in [0.25, 0.3) is 0 Å². The van der Waals surface area contributed by atoms with Crippen molar-refractivity contribution in [2.45, 2.75) is 31.8 Å². The van der Waals surface area contributed by atoms with E-state index in [0.717, 1.165) is 30.2 Å². The number of nitrogens with zero attached hydrogens (tertiary/aromatic N) is 1. The molecule has 1 aromatic heterocycles. The minimum absolute atomic E-state index is 0.653. The molecule has 5 heteroatoms. The quantitative estimate of drug-likeness (QED) is 0.915. The lowest BCUT2D eigenvalue weighted by atomic mass is 10.1. The average Bonchev–Trinajstić information content (AvgIpc) is 2.59. The zero-order valence-electron chi connectivity index (χ0n) is 10.0. The van der Waals surface area contributed by atoms with Gasteiger partial charge in [-0.25, -0.2) is 0 Å². The van der Waals surface area contributed by atoms with Crippen molar-refractivity contribution < 1.29 is 0 Å². The lowest BCUT2D eigenvalue weighted by Crippen LogP contribution is -2.31. The van der Waals surface area contributed by atoms with Gasteiger partial charge in [-0.3, -0.25) is 4.90 Å². The first kappa shape index (κ1) is 13.6. The van der Waals surface area contributed by atoms with Crippen molar-refractivity contribution >= 4 is 34.5 Å². The SMILES string of the molecule is CN(Cc1csc(Cl)c1Cl)C1CCCNCC1. The maximum Gasteiger partial charge on any atom is 0.112 e. The molecule has 1 saturated heterocycles. The standard InChI is InChI=1S/C12H18Cl2N2S/c1-16(10-3-2-5-15-6-4-10)7-9-8-17-12(14)11(9)13/h8,10,15H,2-7H2,1H3. The van der Waals surface area contributed by atoms with Gasteiger partial charge < -0.3 is 5.32 Å². The molecule has 1 N–H and O–H groups in total. The van der Waals surface area contributed by atoms with Crippen molar-refractivity contribution in [1.29, 1.82) is 0 Å². The maximum atomic E-state index is 6.16. The van der Waals surface area contributed by atoms with Crippen LogP contribution in [0, 0.1) is 0 Å². The molecule has 1 atom stereocenters. The molecule has 0 bridgehead atoms. The van der Waals surface area contributed by atoms with Gasteiger partial charge in [-0.2, -0.15) is 0 Å². The van der Waals surface area contributed by atoms with Gasteiger partial charge in [-0.05, 0) is 50.3 Å². The average molecular weight is 293 g/mol. The summed E-state index contributed by atoms with van der Waals surface area (Å²) in [5.74, 6) is 0. The summed E-state index contributed by atoms with van der Waals surface area (Å²) in [6.07, 6.45) is 3.73. The lowest BCUT2D eigenvalue weighted by Gasteiger charge is -2.26. The second-order valence-corrected chi connectivity index (χ2v) is 6.46. The highest BCUT2D eigenvalue weighted by Gasteiger charge is 2.18. The summed E-state index contributed by atoms with van der Waals surface area (Å²) >= 11 is 13.7. The Morgan fingerprint density at radius 1 is 1.41 bits per heavy atom. The van der Waals surface area contributed by atoms with Crippen LogP contribution in [0.1, 0.15) is 24.8 Å². The van der Waals surface area contributed by atoms with E-state index in [1.807, 2.05) is 0 Å². The molecule has 1 aromatic rings. The van der Waals surface area contributed by atoms with Crippen molar-refractivity contribution in [1.82, 2.24) is 10.2 Å². The molecular formula is C12H18Cl2N2S. The fourth-order valence-corrected chi connectivity index (χ4v) is 3.54. The van der Waals surface area contributed by atoms with Crippen molar-refractivity contribution in [2.24, 2.45) is 0 Å². The fourth-order valence-electron chi connectivity index (χ4n) is 2.30. The van der Waals surface area contributed by atoms with E-state index in [0.29, 0.717) is 10.4 Å². The monoisotopic (exact) mass is 292 g/mol. The van der Waals surface area contributed by atoms with E-state index in [1.54, 1.807) is 0 Å². The van der Waals surface area contributed by atoms with Gasteiger partial charge >= 0.3 is 0 Å². The van der Waals surface area contributed by atoms with Crippen LogP contribution >= 0.6 is 34.5 Å². The molecule has 1 fully saturated rings. The van der Waals surface area contributed by atoms with Crippen LogP contribution in [0.2, 0.25) is 9.36 Å². The van der Waals surface area contributed by atoms with Crippen molar-refractivity contribution in [3.05, 3.63) is 20.3 Å². The first-order chi connectivity index (χ1) is 8.18. The number of nitrogens with one attached hydrogen (secondary N) is 1. The van der Waals surface area contributed by atoms with Crippen molar-refractivity contribution in [3.63, 3.8) is 0 Å². The van der Waals surface area contributed by atoms with Gasteiger partial charge in [0.05, 0.1) is 5.02 Å². The zero-order chi connectivity index (χ0) is 12.3. The van der Waals surface area contributed by atoms with Gasteiger partial charge in [-0.1, -0.05) is 23.2 Å². The zero-order valence-corrected chi connectivity index (χ0v) is 12.3. The molecular weight excluding hydrogens is 275 g/mol. The summed E-state index contributed by atoms with van der Waals surface area (Å²) in [5.41, 5.74) is 1.15. The van der Waals surface area contributed by atoms with Gasteiger partial charge in [0.15, 0.2) is 0 Å². The summed E-state index contributed by atoms with van der Waals surface area (Å²) in [6.45, 7) is 3.16. The van der Waals surface area contributed by atoms with E-state index in [1.165, 1.54) is 30.6 Å². The molecule has 0 amide bonds. The molecule has 0 saturated carbocycles. The minimum atomic E-state index is 0.653. The van der Waals surface area contributed by atoms with Crippen LogP contribution in [0.4, 0.5) is 0 Å². The molecule has 1 aliphatic heterocycles. The second-order valence-electron chi connectivity index (χ2n) is 4.60. The molecule has 2 rings (SSSR count). The van der Waals surface area contributed by atoms with E-state index in [-0.39, 0.29) is 0 Å². The Morgan fingerprint density at radius 3 is 2.94 bits per heavy atom. The molecule has 17 heavy (non-hydrogen) atoms. The summed E-state index contributed by atoms with van der Waals surface area (Å²) in [7, 11) is 2.18. The molecule has 0 spiro atoms. The fraction of sp³-hybridized carbons (Fsp3) is 0.667. The van der Waals surface area contributed by atoms with Gasteiger partial charge in [0.25, 0.3) is 0 Å². The van der Waals surface area contributed by atoms with E-state index in [2.05, 4.69) is 22.6 Å². The molecule has 96 valence electrons. The Hall–Kier alpha value is 0.200. The molecule has 0 aliphatic carbocycles. The highest BCUT2D eigenvalue weighted by atomic mass is 35.5. The van der Waals surface area contributed by atoms with E-state index >= 15 is 0 Å². The van der Waals surface area contributed by atoms with Gasteiger partial charge in [0.1, 0.15) is 4.34 Å². The Morgan fingerprint density at radius 2 is 2.24 bits per heavy atom. The first-order valence-corrected chi connectivity index (χ1v) is 7.64. The highest BCUT2D eigenvalue weighted by Crippen LogP contribution is 2.33. The minimum Gasteiger partial charge on any atom is -0.317 e. The molecule has 2 heterocycles. The maximum absolute atomic E-state index is 6.16. The van der Waals surface area contributed by atoms with Crippen LogP contribution in [0.15, 0.2) is 5.38 Å². The molecule has 0 radical (unpaired) electrons. The van der Waals surface area contributed by atoms with Crippen LogP contribution in [-0.2, 0) is 6.54 Å². The third-order valence-corrected chi connectivity index (χ3v) is 5.26. The Kier molecular flexibility index (Phi) is 5.12. The summed E-state index contributed by atoms with van der Waals surface area (Å²) in [6, 6.07) is 0.653. The molecule has 1 unspecified atom stereocenters. The predicted octanol–water partition coefficient (Wildman–Crippen LogP) is 3.63. The van der Waals surface area contributed by atoms with E-state index < -0.39 is 0 Å². The number of thiophene rings is 1. The van der Waals surface area contributed by atoms with Crippen LogP contribution < -0.4 is 5.32 Å². The normalized spacial score (nSPS) is 21.8. The summed E-state index contributed by atoms with van der Waals surface area (Å²) < 4.78 is 0.706. The van der Waals surface area contributed by atoms with Gasteiger partial charge in [0, 0.05) is 12.6 Å². The van der Waals surface area contributed by atoms with Crippen LogP contribution in [0.3, 0.4) is 0 Å². The van der Waals surface area contributed by atoms with Crippen molar-refractivity contribution in [2.75, 3.05) is 20.1 Å². The number of halogens is 2. The number of rotatable bonds is 3. The third kappa shape index (κ3) is 3.58. The topological polar surface area (TPSA) is 15.3 Å². The number of hydrogen-bond acceptors (Lipinski definition) is 3. The smallest absolute Gasteiger partial charge is 0.112 e. The Labute approximate surface area is 117 Å². The van der Waals surface area contributed by atoms with E-state index in [4.69, 9.17) is 23.2 Å². The second kappa shape index (κ2) is 6.39. The largest absolute Gasteiger partial charge is 0.317 e. The lowest BCUT2D eigenvalue weighted by molar-refractivity contribution is 0.217. The Bertz CT molecular complexity index is 359. The predicted molar refractivity (Wildman–Crippen MR) is 76.3 cm³/mol. The summed E-state index contributed by atoms with van der Waals surface area (Å²) in [5, 5.41) is 6.24. The van der Waals surface area contributed by atoms with Gasteiger partial charge in [-0.15, -0.1) is 11.3 Å².